The summed E-state index contributed by atoms with van der Waals surface area (Å²) in [7, 11) is 0. The maximum Gasteiger partial charge on any atom is 0.315 e. The second kappa shape index (κ2) is 6.92. The first-order valence-corrected chi connectivity index (χ1v) is 7.12. The van der Waals surface area contributed by atoms with Gasteiger partial charge in [0.2, 0.25) is 0 Å². The number of urea groups is 1. The molecule has 0 aromatic carbocycles. The van der Waals surface area contributed by atoms with Gasteiger partial charge in [-0.3, -0.25) is 4.98 Å². The third-order valence-corrected chi connectivity index (χ3v) is 3.51. The van der Waals surface area contributed by atoms with Crippen molar-refractivity contribution in [1.82, 2.24) is 15.6 Å². The van der Waals surface area contributed by atoms with Gasteiger partial charge in [-0.25, -0.2) is 4.79 Å². The van der Waals surface area contributed by atoms with E-state index in [0.717, 1.165) is 28.9 Å². The van der Waals surface area contributed by atoms with Crippen molar-refractivity contribution in [3.63, 3.8) is 0 Å². The molecule has 5 nitrogen and oxygen atoms in total. The molecular weight excluding hydrogens is 266 g/mol. The maximum atomic E-state index is 12.0. The number of aryl methyl sites for hydroxylation is 2. The molecule has 2 aromatic heterocycles. The zero-order valence-electron chi connectivity index (χ0n) is 12.6. The summed E-state index contributed by atoms with van der Waals surface area (Å²) in [6.45, 7) is 6.37. The summed E-state index contributed by atoms with van der Waals surface area (Å²) in [5.74, 6) is 0.774. The molecule has 2 amide bonds. The summed E-state index contributed by atoms with van der Waals surface area (Å²) in [4.78, 5) is 16.1. The van der Waals surface area contributed by atoms with E-state index in [-0.39, 0.29) is 12.1 Å². The maximum absolute atomic E-state index is 12.0. The van der Waals surface area contributed by atoms with Gasteiger partial charge in [0.25, 0.3) is 0 Å². The van der Waals surface area contributed by atoms with Crippen molar-refractivity contribution in [2.45, 2.75) is 39.8 Å². The van der Waals surface area contributed by atoms with Crippen LogP contribution in [0.4, 0.5) is 4.79 Å². The molecule has 2 N–H and O–H groups in total. The molecular formula is C16H21N3O2. The van der Waals surface area contributed by atoms with E-state index in [0.29, 0.717) is 6.54 Å². The van der Waals surface area contributed by atoms with Crippen LogP contribution in [0, 0.1) is 6.92 Å². The second-order valence-electron chi connectivity index (χ2n) is 5.00. The summed E-state index contributed by atoms with van der Waals surface area (Å²) in [6.07, 6.45) is 6.11. The van der Waals surface area contributed by atoms with Crippen LogP contribution in [0.5, 0.6) is 0 Å². The number of amides is 2. The Bertz CT molecular complexity index is 607. The largest absolute Gasteiger partial charge is 0.467 e. The van der Waals surface area contributed by atoms with Gasteiger partial charge in [-0.1, -0.05) is 6.92 Å². The van der Waals surface area contributed by atoms with Crippen molar-refractivity contribution < 1.29 is 9.21 Å². The van der Waals surface area contributed by atoms with Crippen LogP contribution in [0.2, 0.25) is 0 Å². The summed E-state index contributed by atoms with van der Waals surface area (Å²) in [5.41, 5.74) is 3.27. The van der Waals surface area contributed by atoms with Gasteiger partial charge < -0.3 is 15.1 Å². The molecule has 2 rings (SSSR count). The van der Waals surface area contributed by atoms with Crippen LogP contribution in [0.15, 0.2) is 35.2 Å². The molecule has 5 heteroatoms. The Labute approximate surface area is 124 Å². The van der Waals surface area contributed by atoms with Crippen LogP contribution in [0.1, 0.15) is 42.3 Å². The average Bonchev–Trinajstić information content (AvgIpc) is 2.90. The third kappa shape index (κ3) is 3.84. The molecule has 1 unspecified atom stereocenters. The zero-order valence-corrected chi connectivity index (χ0v) is 12.6. The first-order chi connectivity index (χ1) is 10.1. The van der Waals surface area contributed by atoms with Gasteiger partial charge in [0, 0.05) is 12.4 Å². The molecule has 1 atom stereocenters. The van der Waals surface area contributed by atoms with Gasteiger partial charge in [-0.2, -0.15) is 0 Å². The van der Waals surface area contributed by atoms with E-state index >= 15 is 0 Å². The summed E-state index contributed by atoms with van der Waals surface area (Å²) >= 11 is 0. The van der Waals surface area contributed by atoms with Crippen LogP contribution in [0.25, 0.3) is 0 Å². The van der Waals surface area contributed by atoms with Gasteiger partial charge in [0.05, 0.1) is 18.8 Å². The van der Waals surface area contributed by atoms with Crippen molar-refractivity contribution in [1.29, 1.82) is 0 Å². The van der Waals surface area contributed by atoms with Crippen molar-refractivity contribution in [2.24, 2.45) is 0 Å². The van der Waals surface area contributed by atoms with Gasteiger partial charge in [0.15, 0.2) is 0 Å². The van der Waals surface area contributed by atoms with Crippen molar-refractivity contribution in [3.8, 4) is 0 Å². The Hall–Kier alpha value is -2.30. The van der Waals surface area contributed by atoms with Crippen LogP contribution in [-0.4, -0.2) is 11.0 Å². The highest BCUT2D eigenvalue weighted by molar-refractivity contribution is 5.74. The minimum absolute atomic E-state index is 0.0688. The fourth-order valence-corrected chi connectivity index (χ4v) is 2.23. The van der Waals surface area contributed by atoms with Crippen LogP contribution in [-0.2, 0) is 13.0 Å². The average molecular weight is 287 g/mol. The second-order valence-corrected chi connectivity index (χ2v) is 5.00. The molecule has 0 saturated heterocycles. The van der Waals surface area contributed by atoms with Gasteiger partial charge in [0.1, 0.15) is 5.76 Å². The topological polar surface area (TPSA) is 67.2 Å². The van der Waals surface area contributed by atoms with Crippen molar-refractivity contribution in [2.75, 3.05) is 0 Å². The number of nitrogens with zero attached hydrogens (tertiary/aromatic N) is 1. The number of hydrogen-bond donors (Lipinski definition) is 2. The Morgan fingerprint density at radius 1 is 1.43 bits per heavy atom. The first-order valence-electron chi connectivity index (χ1n) is 7.12. The van der Waals surface area contributed by atoms with Crippen molar-refractivity contribution in [3.05, 3.63) is 53.2 Å². The molecule has 0 aliphatic carbocycles. The number of nitrogens with one attached hydrogen (secondary N) is 2. The normalized spacial score (nSPS) is 12.0. The number of carbonyl (C=O) groups excluding carboxylic acids is 1. The molecule has 0 bridgehead atoms. The molecule has 21 heavy (non-hydrogen) atoms. The predicted molar refractivity (Wildman–Crippen MR) is 80.8 cm³/mol. The van der Waals surface area contributed by atoms with Gasteiger partial charge in [-0.05, 0) is 49.1 Å². The van der Waals surface area contributed by atoms with E-state index in [4.69, 9.17) is 4.42 Å². The number of carbonyl (C=O) groups is 1. The van der Waals surface area contributed by atoms with E-state index in [9.17, 15) is 4.79 Å². The standard InChI is InChI=1S/C16H21N3O2/c1-4-13-9-17-7-5-14(13)12(3)19-16(20)18-10-15-11(2)6-8-21-15/h5-9,12H,4,10H2,1-3H3,(H2,18,19,20). The van der Waals surface area contributed by atoms with Gasteiger partial charge in [-0.15, -0.1) is 0 Å². The highest BCUT2D eigenvalue weighted by Crippen LogP contribution is 2.17. The minimum Gasteiger partial charge on any atom is -0.467 e. The van der Waals surface area contributed by atoms with E-state index in [1.807, 2.05) is 32.2 Å². The lowest BCUT2D eigenvalue weighted by molar-refractivity contribution is 0.236. The number of rotatable bonds is 5. The van der Waals surface area contributed by atoms with E-state index in [1.165, 1.54) is 0 Å². The van der Waals surface area contributed by atoms with E-state index in [1.54, 1.807) is 12.5 Å². The highest BCUT2D eigenvalue weighted by Gasteiger charge is 2.13. The fraction of sp³-hybridized carbons (Fsp3) is 0.375. The van der Waals surface area contributed by atoms with Crippen LogP contribution >= 0.6 is 0 Å². The number of aromatic nitrogens is 1. The Morgan fingerprint density at radius 2 is 2.24 bits per heavy atom. The minimum atomic E-state index is -0.211. The molecule has 2 heterocycles. The quantitative estimate of drug-likeness (QED) is 0.888. The molecule has 0 radical (unpaired) electrons. The lowest BCUT2D eigenvalue weighted by Gasteiger charge is -2.17. The van der Waals surface area contributed by atoms with Gasteiger partial charge >= 0.3 is 6.03 Å². The fourth-order valence-electron chi connectivity index (χ4n) is 2.23. The van der Waals surface area contributed by atoms with Crippen molar-refractivity contribution >= 4 is 6.03 Å². The smallest absolute Gasteiger partial charge is 0.315 e. The Kier molecular flexibility index (Phi) is 4.98. The summed E-state index contributed by atoms with van der Waals surface area (Å²) in [5, 5.41) is 5.74. The molecule has 0 spiro atoms. The molecule has 0 fully saturated rings. The highest BCUT2D eigenvalue weighted by atomic mass is 16.3. The third-order valence-electron chi connectivity index (χ3n) is 3.51. The Balaban J connectivity index is 1.91. The molecule has 0 aliphatic heterocycles. The zero-order chi connectivity index (χ0) is 15.2. The first kappa shape index (κ1) is 15.1. The lowest BCUT2D eigenvalue weighted by Crippen LogP contribution is -2.37. The van der Waals surface area contributed by atoms with E-state index < -0.39 is 0 Å². The molecule has 2 aromatic rings. The number of pyridine rings is 1. The molecule has 0 saturated carbocycles. The molecule has 0 aliphatic rings. The van der Waals surface area contributed by atoms with Crippen LogP contribution in [0.3, 0.4) is 0 Å². The molecule has 112 valence electrons. The number of furan rings is 1. The number of hydrogen-bond acceptors (Lipinski definition) is 3. The lowest BCUT2D eigenvalue weighted by atomic mass is 10.0. The Morgan fingerprint density at radius 3 is 2.90 bits per heavy atom. The predicted octanol–water partition coefficient (Wildman–Crippen LogP) is 3.11. The SMILES string of the molecule is CCc1cnccc1C(C)NC(=O)NCc1occc1C. The monoisotopic (exact) mass is 287 g/mol. The van der Waals surface area contributed by atoms with Crippen LogP contribution < -0.4 is 10.6 Å². The summed E-state index contributed by atoms with van der Waals surface area (Å²) < 4.78 is 5.29. The summed E-state index contributed by atoms with van der Waals surface area (Å²) in [6, 6.07) is 3.54. The van der Waals surface area contributed by atoms with E-state index in [2.05, 4.69) is 22.5 Å².